The maximum absolute atomic E-state index is 10.5. The molecule has 1 N–H and O–H groups in total. The van der Waals surface area contributed by atoms with Crippen molar-refractivity contribution in [3.8, 4) is 5.75 Å². The molecule has 4 nitrogen and oxygen atoms in total. The molecule has 4 unspecified atom stereocenters. The van der Waals surface area contributed by atoms with Crippen molar-refractivity contribution >= 4 is 14.7 Å². The highest BCUT2D eigenvalue weighted by atomic mass is 28.2. The van der Waals surface area contributed by atoms with Gasteiger partial charge in [0.15, 0.2) is 0 Å². The normalized spacial score (nSPS) is 23.2. The minimum atomic E-state index is -0.578. The first-order chi connectivity index (χ1) is 13.7. The van der Waals surface area contributed by atoms with Gasteiger partial charge >= 0.3 is 0 Å². The van der Waals surface area contributed by atoms with E-state index in [9.17, 15) is 5.11 Å². The van der Waals surface area contributed by atoms with E-state index >= 15 is 0 Å². The lowest BCUT2D eigenvalue weighted by atomic mass is 9.98. The van der Waals surface area contributed by atoms with Gasteiger partial charge in [0, 0.05) is 13.1 Å². The zero-order valence-electron chi connectivity index (χ0n) is 18.3. The van der Waals surface area contributed by atoms with Crippen LogP contribution in [0.1, 0.15) is 46.2 Å². The van der Waals surface area contributed by atoms with Gasteiger partial charge in [-0.15, -0.1) is 0 Å². The standard InChI is InChI=1S/C24H35NO3Si/c1-17-15-25(16-18(2)27-17)23(19(3)26)20-11-13-21(14-12-20)28-24(4,5)29-22-9-7-6-8-10-22/h6-14,17-19,23,26H,15-16,29H2,1-5H3. The first-order valence-electron chi connectivity index (χ1n) is 10.6. The first-order valence-corrected chi connectivity index (χ1v) is 12.1. The van der Waals surface area contributed by atoms with Crippen LogP contribution in [0.25, 0.3) is 0 Å². The highest BCUT2D eigenvalue weighted by Crippen LogP contribution is 2.30. The lowest BCUT2D eigenvalue weighted by Gasteiger charge is -2.41. The fraction of sp³-hybridized carbons (Fsp3) is 0.500. The summed E-state index contributed by atoms with van der Waals surface area (Å²) in [5, 5.41) is 11.7. The molecule has 0 bridgehead atoms. The van der Waals surface area contributed by atoms with Crippen molar-refractivity contribution in [1.82, 2.24) is 4.90 Å². The SMILES string of the molecule is CC1CN(C(c2ccc(OC(C)(C)[SiH2]c3ccccc3)cc2)C(C)O)CC(C)O1. The van der Waals surface area contributed by atoms with Crippen LogP contribution in [-0.4, -0.2) is 56.2 Å². The fourth-order valence-corrected chi connectivity index (χ4v) is 6.14. The average molecular weight is 414 g/mol. The Hall–Kier alpha value is -1.66. The number of nitrogens with zero attached hydrogens (tertiary/aromatic N) is 1. The van der Waals surface area contributed by atoms with E-state index in [0.717, 1.165) is 24.4 Å². The van der Waals surface area contributed by atoms with Crippen LogP contribution in [0, 0.1) is 0 Å². The van der Waals surface area contributed by atoms with Gasteiger partial charge in [-0.3, -0.25) is 4.90 Å². The second kappa shape index (κ2) is 9.43. The topological polar surface area (TPSA) is 41.9 Å². The van der Waals surface area contributed by atoms with Crippen LogP contribution in [0.15, 0.2) is 54.6 Å². The van der Waals surface area contributed by atoms with Crippen LogP contribution in [0.3, 0.4) is 0 Å². The van der Waals surface area contributed by atoms with Crippen LogP contribution in [-0.2, 0) is 4.74 Å². The van der Waals surface area contributed by atoms with Gasteiger partial charge in [0.1, 0.15) is 15.3 Å². The molecule has 158 valence electrons. The molecule has 29 heavy (non-hydrogen) atoms. The van der Waals surface area contributed by atoms with E-state index in [0.29, 0.717) is 0 Å². The predicted octanol–water partition coefficient (Wildman–Crippen LogP) is 2.83. The van der Waals surface area contributed by atoms with E-state index in [1.807, 2.05) is 19.1 Å². The summed E-state index contributed by atoms with van der Waals surface area (Å²) < 4.78 is 12.2. The number of morpholine rings is 1. The molecule has 0 aromatic heterocycles. The summed E-state index contributed by atoms with van der Waals surface area (Å²) in [4.78, 5) is 2.34. The number of hydrogen-bond acceptors (Lipinski definition) is 4. The smallest absolute Gasteiger partial charge is 0.119 e. The average Bonchev–Trinajstić information content (AvgIpc) is 2.62. The van der Waals surface area contributed by atoms with Gasteiger partial charge in [0.2, 0.25) is 0 Å². The fourth-order valence-electron chi connectivity index (χ4n) is 4.41. The number of rotatable bonds is 7. The molecule has 0 spiro atoms. The molecule has 1 aliphatic heterocycles. The molecule has 2 aromatic rings. The van der Waals surface area contributed by atoms with Crippen molar-refractivity contribution in [3.63, 3.8) is 0 Å². The molecule has 2 aromatic carbocycles. The van der Waals surface area contributed by atoms with E-state index in [1.165, 1.54) is 5.19 Å². The quantitative estimate of drug-likeness (QED) is 0.709. The summed E-state index contributed by atoms with van der Waals surface area (Å²) in [5.74, 6) is 0.884. The van der Waals surface area contributed by atoms with E-state index in [1.54, 1.807) is 0 Å². The second-order valence-electron chi connectivity index (χ2n) is 8.99. The third-order valence-corrected chi connectivity index (χ3v) is 7.26. The molecule has 1 fully saturated rings. The molecule has 1 aliphatic rings. The second-order valence-corrected chi connectivity index (χ2v) is 11.9. The van der Waals surface area contributed by atoms with E-state index in [2.05, 4.69) is 75.1 Å². The first kappa shape index (κ1) is 22.0. The van der Waals surface area contributed by atoms with Gasteiger partial charge in [-0.05, 0) is 52.3 Å². The maximum atomic E-state index is 10.5. The lowest BCUT2D eigenvalue weighted by molar-refractivity contribution is -0.0948. The van der Waals surface area contributed by atoms with Crippen LogP contribution in [0.2, 0.25) is 0 Å². The third kappa shape index (κ3) is 6.16. The van der Waals surface area contributed by atoms with Gasteiger partial charge in [-0.2, -0.15) is 0 Å². The lowest BCUT2D eigenvalue weighted by Crippen LogP contribution is -2.49. The molecular formula is C24H35NO3Si. The van der Waals surface area contributed by atoms with Gasteiger partial charge in [-0.1, -0.05) is 47.7 Å². The van der Waals surface area contributed by atoms with E-state index in [4.69, 9.17) is 9.47 Å². The van der Waals surface area contributed by atoms with Crippen LogP contribution in [0.5, 0.6) is 5.75 Å². The van der Waals surface area contributed by atoms with Gasteiger partial charge in [0.25, 0.3) is 0 Å². The molecule has 1 saturated heterocycles. The zero-order chi connectivity index (χ0) is 21.0. The molecule has 0 radical (unpaired) electrons. The van der Waals surface area contributed by atoms with E-state index in [-0.39, 0.29) is 23.5 Å². The molecule has 0 amide bonds. The van der Waals surface area contributed by atoms with Gasteiger partial charge < -0.3 is 14.6 Å². The Morgan fingerprint density at radius 1 is 1.03 bits per heavy atom. The summed E-state index contributed by atoms with van der Waals surface area (Å²) in [6.45, 7) is 12.1. The van der Waals surface area contributed by atoms with Crippen molar-refractivity contribution in [3.05, 3.63) is 60.2 Å². The highest BCUT2D eigenvalue weighted by Gasteiger charge is 2.31. The summed E-state index contributed by atoms with van der Waals surface area (Å²) in [5.41, 5.74) is 1.12. The molecule has 4 atom stereocenters. The van der Waals surface area contributed by atoms with Gasteiger partial charge in [0.05, 0.1) is 29.6 Å². The summed E-state index contributed by atoms with van der Waals surface area (Å²) in [6, 6.07) is 18.9. The number of aliphatic hydroxyl groups is 1. The zero-order valence-corrected chi connectivity index (χ0v) is 19.8. The van der Waals surface area contributed by atoms with Crippen LogP contribution < -0.4 is 9.92 Å². The largest absolute Gasteiger partial charge is 0.492 e. The molecule has 0 saturated carbocycles. The Bertz CT molecular complexity index is 753. The molecule has 1 heterocycles. The number of hydrogen-bond donors (Lipinski definition) is 1. The number of ether oxygens (including phenoxy) is 2. The summed E-state index contributed by atoms with van der Waals surface area (Å²) in [6.07, 6.45) is -0.112. The Balaban J connectivity index is 1.70. The van der Waals surface area contributed by atoms with Crippen molar-refractivity contribution < 1.29 is 14.6 Å². The molecular weight excluding hydrogens is 378 g/mol. The number of aliphatic hydroxyl groups excluding tert-OH is 1. The Morgan fingerprint density at radius 3 is 2.17 bits per heavy atom. The monoisotopic (exact) mass is 413 g/mol. The highest BCUT2D eigenvalue weighted by molar-refractivity contribution is 6.56. The van der Waals surface area contributed by atoms with Crippen LogP contribution in [0.4, 0.5) is 0 Å². The van der Waals surface area contributed by atoms with Crippen molar-refractivity contribution in [2.24, 2.45) is 0 Å². The molecule has 0 aliphatic carbocycles. The summed E-state index contributed by atoms with van der Waals surface area (Å²) in [7, 11) is -0.578. The third-order valence-electron chi connectivity index (χ3n) is 5.39. The Kier molecular flexibility index (Phi) is 7.17. The minimum absolute atomic E-state index is 0.0375. The predicted molar refractivity (Wildman–Crippen MR) is 122 cm³/mol. The van der Waals surface area contributed by atoms with Gasteiger partial charge in [-0.25, -0.2) is 0 Å². The minimum Gasteiger partial charge on any atom is -0.492 e. The molecule has 3 rings (SSSR count). The van der Waals surface area contributed by atoms with Crippen molar-refractivity contribution in [1.29, 1.82) is 0 Å². The Morgan fingerprint density at radius 2 is 1.62 bits per heavy atom. The molecule has 5 heteroatoms. The number of benzene rings is 2. The van der Waals surface area contributed by atoms with Crippen molar-refractivity contribution in [2.75, 3.05) is 13.1 Å². The maximum Gasteiger partial charge on any atom is 0.119 e. The van der Waals surface area contributed by atoms with E-state index < -0.39 is 15.6 Å². The summed E-state index contributed by atoms with van der Waals surface area (Å²) >= 11 is 0. The van der Waals surface area contributed by atoms with Crippen molar-refractivity contribution in [2.45, 2.75) is 64.2 Å². The Labute approximate surface area is 177 Å². The van der Waals surface area contributed by atoms with Crippen LogP contribution >= 0.6 is 0 Å².